The fourth-order valence-electron chi connectivity index (χ4n) is 1.78. The van der Waals surface area contributed by atoms with Crippen molar-refractivity contribution in [1.29, 1.82) is 0 Å². The second kappa shape index (κ2) is 5.32. The Kier molecular flexibility index (Phi) is 3.76. The zero-order valence-corrected chi connectivity index (χ0v) is 11.4. The van der Waals surface area contributed by atoms with E-state index >= 15 is 0 Å². The highest BCUT2D eigenvalue weighted by atomic mass is 35.5. The molecule has 1 aromatic heterocycles. The number of hydrogen-bond acceptors (Lipinski definition) is 5. The molecular formula is C13H12ClNO4. The molecule has 0 fully saturated rings. The summed E-state index contributed by atoms with van der Waals surface area (Å²) in [5.41, 5.74) is 1.21. The van der Waals surface area contributed by atoms with Crippen LogP contribution in [-0.2, 0) is 0 Å². The number of aryl methyl sites for hydroxylation is 1. The minimum atomic E-state index is -0.619. The molecule has 1 heterocycles. The van der Waals surface area contributed by atoms with Crippen molar-refractivity contribution in [3.05, 3.63) is 29.5 Å². The lowest BCUT2D eigenvalue weighted by molar-refractivity contribution is 0.108. The van der Waals surface area contributed by atoms with E-state index < -0.39 is 5.24 Å². The molecule has 0 bridgehead atoms. The standard InChI is InChI=1S/C13H12ClNO4/c1-7-11(13(14)16)12(15-19-7)9-5-4-8(17-2)6-10(9)18-3/h4-6H,1-3H3. The van der Waals surface area contributed by atoms with E-state index in [1.54, 1.807) is 32.2 Å². The third-order valence-corrected chi connectivity index (χ3v) is 2.91. The van der Waals surface area contributed by atoms with Gasteiger partial charge in [0.15, 0.2) is 0 Å². The van der Waals surface area contributed by atoms with Gasteiger partial charge >= 0.3 is 0 Å². The number of rotatable bonds is 4. The van der Waals surface area contributed by atoms with Crippen LogP contribution in [0.25, 0.3) is 11.3 Å². The maximum Gasteiger partial charge on any atom is 0.258 e. The largest absolute Gasteiger partial charge is 0.497 e. The first kappa shape index (κ1) is 13.4. The van der Waals surface area contributed by atoms with Gasteiger partial charge in [-0.2, -0.15) is 0 Å². The van der Waals surface area contributed by atoms with Crippen LogP contribution in [0.2, 0.25) is 0 Å². The summed E-state index contributed by atoms with van der Waals surface area (Å²) in [5.74, 6) is 1.53. The van der Waals surface area contributed by atoms with Gasteiger partial charge in [0.2, 0.25) is 0 Å². The van der Waals surface area contributed by atoms with E-state index in [1.165, 1.54) is 7.11 Å². The monoisotopic (exact) mass is 281 g/mol. The molecule has 0 atom stereocenters. The summed E-state index contributed by atoms with van der Waals surface area (Å²) in [6.45, 7) is 1.63. The summed E-state index contributed by atoms with van der Waals surface area (Å²) in [6, 6.07) is 5.17. The Morgan fingerprint density at radius 3 is 2.63 bits per heavy atom. The summed E-state index contributed by atoms with van der Waals surface area (Å²) < 4.78 is 15.4. The van der Waals surface area contributed by atoms with E-state index in [4.69, 9.17) is 25.6 Å². The quantitative estimate of drug-likeness (QED) is 0.806. The van der Waals surface area contributed by atoms with Crippen molar-refractivity contribution < 1.29 is 18.8 Å². The molecule has 0 aliphatic rings. The number of nitrogens with zero attached hydrogens (tertiary/aromatic N) is 1. The van der Waals surface area contributed by atoms with Crippen molar-refractivity contribution in [2.75, 3.05) is 14.2 Å². The maximum atomic E-state index is 11.4. The highest BCUT2D eigenvalue weighted by Gasteiger charge is 2.22. The van der Waals surface area contributed by atoms with E-state index in [0.717, 1.165) is 0 Å². The van der Waals surface area contributed by atoms with Crippen LogP contribution >= 0.6 is 11.6 Å². The number of ether oxygens (including phenoxy) is 2. The average Bonchev–Trinajstić information content (AvgIpc) is 2.79. The van der Waals surface area contributed by atoms with Crippen LogP contribution in [0.5, 0.6) is 11.5 Å². The summed E-state index contributed by atoms with van der Waals surface area (Å²) in [4.78, 5) is 11.4. The molecule has 2 rings (SSSR count). The lowest BCUT2D eigenvalue weighted by Gasteiger charge is -2.08. The summed E-state index contributed by atoms with van der Waals surface area (Å²) in [6.07, 6.45) is 0. The van der Waals surface area contributed by atoms with Gasteiger partial charge in [-0.05, 0) is 30.7 Å². The Balaban J connectivity index is 2.62. The normalized spacial score (nSPS) is 10.3. The van der Waals surface area contributed by atoms with Crippen LogP contribution < -0.4 is 9.47 Å². The number of methoxy groups -OCH3 is 2. The van der Waals surface area contributed by atoms with Crippen molar-refractivity contribution in [3.8, 4) is 22.8 Å². The van der Waals surface area contributed by atoms with Crippen molar-refractivity contribution in [2.24, 2.45) is 0 Å². The molecule has 5 nitrogen and oxygen atoms in total. The van der Waals surface area contributed by atoms with E-state index in [0.29, 0.717) is 28.5 Å². The predicted octanol–water partition coefficient (Wildman–Crippen LogP) is 3.05. The fraction of sp³-hybridized carbons (Fsp3) is 0.231. The van der Waals surface area contributed by atoms with Crippen LogP contribution in [0, 0.1) is 6.92 Å². The average molecular weight is 282 g/mol. The molecule has 0 aliphatic carbocycles. The fourth-order valence-corrected chi connectivity index (χ4v) is 2.00. The molecule has 0 saturated carbocycles. The van der Waals surface area contributed by atoms with Crippen LogP contribution in [0.15, 0.2) is 22.7 Å². The van der Waals surface area contributed by atoms with Crippen LogP contribution in [0.1, 0.15) is 16.1 Å². The third-order valence-electron chi connectivity index (χ3n) is 2.72. The van der Waals surface area contributed by atoms with Gasteiger partial charge in [0.25, 0.3) is 5.24 Å². The predicted molar refractivity (Wildman–Crippen MR) is 70.0 cm³/mol. The van der Waals surface area contributed by atoms with Gasteiger partial charge in [-0.1, -0.05) is 5.16 Å². The number of carbonyl (C=O) groups excluding carboxylic acids is 1. The molecule has 0 saturated heterocycles. The van der Waals surface area contributed by atoms with Crippen LogP contribution in [0.4, 0.5) is 0 Å². The van der Waals surface area contributed by atoms with Gasteiger partial charge in [-0.25, -0.2) is 0 Å². The van der Waals surface area contributed by atoms with Crippen molar-refractivity contribution in [1.82, 2.24) is 5.16 Å². The minimum Gasteiger partial charge on any atom is -0.497 e. The molecule has 0 aliphatic heterocycles. The highest BCUT2D eigenvalue weighted by Crippen LogP contribution is 2.35. The summed E-state index contributed by atoms with van der Waals surface area (Å²) >= 11 is 5.55. The Bertz CT molecular complexity index is 621. The van der Waals surface area contributed by atoms with Gasteiger partial charge in [0.05, 0.1) is 14.2 Å². The molecule has 100 valence electrons. The zero-order chi connectivity index (χ0) is 14.0. The van der Waals surface area contributed by atoms with Crippen molar-refractivity contribution in [2.45, 2.75) is 6.92 Å². The summed E-state index contributed by atoms with van der Waals surface area (Å²) in [5, 5.41) is 3.25. The molecule has 0 unspecified atom stereocenters. The van der Waals surface area contributed by atoms with Crippen molar-refractivity contribution in [3.63, 3.8) is 0 Å². The van der Waals surface area contributed by atoms with E-state index in [1.807, 2.05) is 0 Å². The number of benzene rings is 1. The van der Waals surface area contributed by atoms with Gasteiger partial charge in [0, 0.05) is 11.6 Å². The Hall–Kier alpha value is -2.01. The number of halogens is 1. The lowest BCUT2D eigenvalue weighted by atomic mass is 10.1. The molecule has 19 heavy (non-hydrogen) atoms. The molecular weight excluding hydrogens is 270 g/mol. The van der Waals surface area contributed by atoms with E-state index in [-0.39, 0.29) is 5.56 Å². The smallest absolute Gasteiger partial charge is 0.258 e. The maximum absolute atomic E-state index is 11.4. The second-order valence-electron chi connectivity index (χ2n) is 3.80. The molecule has 0 spiro atoms. The third kappa shape index (κ3) is 2.42. The van der Waals surface area contributed by atoms with Gasteiger partial charge in [-0.3, -0.25) is 4.79 Å². The Morgan fingerprint density at radius 2 is 2.05 bits per heavy atom. The van der Waals surface area contributed by atoms with Crippen molar-refractivity contribution >= 4 is 16.8 Å². The topological polar surface area (TPSA) is 61.6 Å². The molecule has 0 N–H and O–H groups in total. The minimum absolute atomic E-state index is 0.241. The lowest BCUT2D eigenvalue weighted by Crippen LogP contribution is -1.96. The second-order valence-corrected chi connectivity index (χ2v) is 4.15. The number of carbonyl (C=O) groups is 1. The van der Waals surface area contributed by atoms with E-state index in [2.05, 4.69) is 5.16 Å². The Labute approximate surface area is 115 Å². The first-order valence-corrected chi connectivity index (χ1v) is 5.84. The molecule has 1 aromatic carbocycles. The van der Waals surface area contributed by atoms with Gasteiger partial charge in [0.1, 0.15) is 28.5 Å². The SMILES string of the molecule is COc1ccc(-c2noc(C)c2C(=O)Cl)c(OC)c1. The first-order chi connectivity index (χ1) is 9.08. The molecule has 2 aromatic rings. The first-order valence-electron chi connectivity index (χ1n) is 5.47. The molecule has 0 radical (unpaired) electrons. The number of hydrogen-bond donors (Lipinski definition) is 0. The summed E-state index contributed by atoms with van der Waals surface area (Å²) in [7, 11) is 3.08. The highest BCUT2D eigenvalue weighted by molar-refractivity contribution is 6.68. The zero-order valence-electron chi connectivity index (χ0n) is 10.7. The number of aromatic nitrogens is 1. The van der Waals surface area contributed by atoms with Gasteiger partial charge < -0.3 is 14.0 Å². The van der Waals surface area contributed by atoms with Gasteiger partial charge in [-0.15, -0.1) is 0 Å². The van der Waals surface area contributed by atoms with Crippen LogP contribution in [0.3, 0.4) is 0 Å². The molecule has 6 heteroatoms. The van der Waals surface area contributed by atoms with E-state index in [9.17, 15) is 4.79 Å². The Morgan fingerprint density at radius 1 is 1.32 bits per heavy atom. The molecule has 0 amide bonds. The van der Waals surface area contributed by atoms with Crippen LogP contribution in [-0.4, -0.2) is 24.6 Å².